The Balaban J connectivity index is 1.92. The molecule has 4 rings (SSSR count). The lowest BCUT2D eigenvalue weighted by atomic mass is 9.94. The molecule has 0 saturated heterocycles. The van der Waals surface area contributed by atoms with Gasteiger partial charge in [-0.15, -0.1) is 0 Å². The Kier molecular flexibility index (Phi) is 5.58. The van der Waals surface area contributed by atoms with Crippen molar-refractivity contribution in [3.8, 4) is 11.1 Å². The van der Waals surface area contributed by atoms with Crippen LogP contribution < -0.4 is 5.56 Å². The highest BCUT2D eigenvalue weighted by Crippen LogP contribution is 2.32. The van der Waals surface area contributed by atoms with Crippen molar-refractivity contribution in [2.45, 2.75) is 19.2 Å². The van der Waals surface area contributed by atoms with Crippen molar-refractivity contribution in [3.63, 3.8) is 0 Å². The summed E-state index contributed by atoms with van der Waals surface area (Å²) >= 11 is 5.10. The number of nitrogens with zero attached hydrogens (tertiary/aromatic N) is 3. The molecule has 1 unspecified atom stereocenters. The van der Waals surface area contributed by atoms with Crippen LogP contribution in [0.15, 0.2) is 58.6 Å². The van der Waals surface area contributed by atoms with Gasteiger partial charge in [-0.1, -0.05) is 23.7 Å². The summed E-state index contributed by atoms with van der Waals surface area (Å²) in [4.78, 5) is 21.6. The number of pyridine rings is 2. The fourth-order valence-corrected chi connectivity index (χ4v) is 4.22. The first-order valence-electron chi connectivity index (χ1n) is 9.31. The summed E-state index contributed by atoms with van der Waals surface area (Å²) in [5, 5.41) is 0.657. The molecule has 1 aliphatic rings. The highest BCUT2D eigenvalue weighted by Gasteiger charge is 2.22. The Morgan fingerprint density at radius 1 is 1.17 bits per heavy atom. The second-order valence-electron chi connectivity index (χ2n) is 6.93. The molecule has 1 aromatic carbocycles. The van der Waals surface area contributed by atoms with Crippen LogP contribution in [0, 0.1) is 0 Å². The predicted molar refractivity (Wildman–Crippen MR) is 118 cm³/mol. The summed E-state index contributed by atoms with van der Waals surface area (Å²) in [7, 11) is 1.74. The van der Waals surface area contributed by atoms with E-state index in [4.69, 9.17) is 16.6 Å². The molecule has 0 saturated carbocycles. The quantitative estimate of drug-likeness (QED) is 0.598. The number of benzene rings is 1. The van der Waals surface area contributed by atoms with Crippen molar-refractivity contribution in [2.24, 2.45) is 12.0 Å². The van der Waals surface area contributed by atoms with Crippen LogP contribution >= 0.6 is 11.6 Å². The summed E-state index contributed by atoms with van der Waals surface area (Å²) in [5.74, 6) is 0.986. The van der Waals surface area contributed by atoms with E-state index >= 15 is 0 Å². The van der Waals surface area contributed by atoms with Gasteiger partial charge in [0, 0.05) is 47.2 Å². The molecular weight excluding hydrogens is 406 g/mol. The van der Waals surface area contributed by atoms with Crippen LogP contribution in [0.3, 0.4) is 0 Å². The normalized spacial score (nSPS) is 13.9. The topological polar surface area (TPSA) is 70.3 Å². The predicted octanol–water partition coefficient (Wildman–Crippen LogP) is 3.72. The Morgan fingerprint density at radius 2 is 1.93 bits per heavy atom. The van der Waals surface area contributed by atoms with Crippen LogP contribution in [0.4, 0.5) is 0 Å². The van der Waals surface area contributed by atoms with Crippen LogP contribution in [0.1, 0.15) is 29.3 Å². The highest BCUT2D eigenvalue weighted by molar-refractivity contribution is 7.90. The van der Waals surface area contributed by atoms with Gasteiger partial charge < -0.3 is 9.12 Å². The van der Waals surface area contributed by atoms with E-state index < -0.39 is 11.2 Å². The number of hydrogen-bond donors (Lipinski definition) is 0. The molecule has 0 spiro atoms. The third-order valence-corrected chi connectivity index (χ3v) is 6.49. The second-order valence-corrected chi connectivity index (χ2v) is 9.11. The van der Waals surface area contributed by atoms with Gasteiger partial charge in [-0.2, -0.15) is 0 Å². The molecule has 0 fully saturated rings. The van der Waals surface area contributed by atoms with Gasteiger partial charge in [0.15, 0.2) is 0 Å². The lowest BCUT2D eigenvalue weighted by Crippen LogP contribution is -2.16. The number of aliphatic imine (C=N–C) groups is 1. The third kappa shape index (κ3) is 4.01. The first kappa shape index (κ1) is 19.9. The van der Waals surface area contributed by atoms with E-state index in [0.29, 0.717) is 23.1 Å². The van der Waals surface area contributed by atoms with Gasteiger partial charge in [0.25, 0.3) is 5.56 Å². The van der Waals surface area contributed by atoms with E-state index in [2.05, 4.69) is 4.98 Å². The third-order valence-electron chi connectivity index (χ3n) is 4.98. The molecule has 148 valence electrons. The molecular formula is C22H20ClN3O2S. The zero-order valence-electron chi connectivity index (χ0n) is 16.2. The molecule has 29 heavy (non-hydrogen) atoms. The molecule has 1 aliphatic heterocycles. The van der Waals surface area contributed by atoms with Gasteiger partial charge in [-0.3, -0.25) is 14.8 Å². The van der Waals surface area contributed by atoms with Crippen LogP contribution in [-0.2, 0) is 30.5 Å². The maximum absolute atomic E-state index is 12.2. The summed E-state index contributed by atoms with van der Waals surface area (Å²) < 4.78 is 13.6. The van der Waals surface area contributed by atoms with Crippen molar-refractivity contribution < 1.29 is 4.55 Å². The molecule has 0 aliphatic carbocycles. The number of halogens is 1. The minimum absolute atomic E-state index is 0.0724. The maximum atomic E-state index is 12.2. The molecule has 0 amide bonds. The smallest absolute Gasteiger partial charge is 0.250 e. The number of hydrogen-bond acceptors (Lipinski definition) is 4. The van der Waals surface area contributed by atoms with E-state index in [-0.39, 0.29) is 5.56 Å². The largest absolute Gasteiger partial charge is 0.616 e. The lowest BCUT2D eigenvalue weighted by molar-refractivity contribution is 0.595. The van der Waals surface area contributed by atoms with E-state index in [0.717, 1.165) is 39.2 Å². The average Bonchev–Trinajstić information content (AvgIpc) is 2.86. The van der Waals surface area contributed by atoms with Crippen molar-refractivity contribution in [2.75, 3.05) is 5.75 Å². The van der Waals surface area contributed by atoms with Crippen LogP contribution in [-0.4, -0.2) is 25.6 Å². The fourth-order valence-electron chi connectivity index (χ4n) is 3.40. The van der Waals surface area contributed by atoms with Gasteiger partial charge in [0.2, 0.25) is 0 Å². The molecule has 0 bridgehead atoms. The molecule has 5 nitrogen and oxygen atoms in total. The van der Waals surface area contributed by atoms with E-state index in [1.165, 1.54) is 0 Å². The lowest BCUT2D eigenvalue weighted by Gasteiger charge is -2.14. The van der Waals surface area contributed by atoms with Crippen LogP contribution in [0.5, 0.6) is 0 Å². The molecule has 3 heterocycles. The van der Waals surface area contributed by atoms with E-state index in [1.807, 2.05) is 43.5 Å². The molecule has 2 aromatic heterocycles. The van der Waals surface area contributed by atoms with E-state index in [1.54, 1.807) is 23.9 Å². The number of aromatic nitrogens is 2. The Hall–Kier alpha value is -2.41. The minimum atomic E-state index is -0.959. The molecule has 1 atom stereocenters. The van der Waals surface area contributed by atoms with Gasteiger partial charge in [0.05, 0.1) is 18.0 Å². The highest BCUT2D eigenvalue weighted by atomic mass is 35.5. The number of rotatable bonds is 4. The number of fused-ring (bicyclic) bond motifs is 3. The summed E-state index contributed by atoms with van der Waals surface area (Å²) in [6, 6.07) is 11.1. The van der Waals surface area contributed by atoms with Crippen molar-refractivity contribution >= 4 is 28.5 Å². The van der Waals surface area contributed by atoms with Crippen molar-refractivity contribution in [1.82, 2.24) is 9.55 Å². The Morgan fingerprint density at radius 3 is 2.66 bits per heavy atom. The first-order chi connectivity index (χ1) is 14.0. The SMILES string of the molecule is CC[S+]([O-])Cc1cc2c(cn1)C(c1ccc(Cl)cc1)=NCc1cc(=O)n(C)cc1-2. The van der Waals surface area contributed by atoms with Gasteiger partial charge in [-0.05, 0) is 47.4 Å². The van der Waals surface area contributed by atoms with Crippen molar-refractivity contribution in [3.05, 3.63) is 86.6 Å². The zero-order valence-corrected chi connectivity index (χ0v) is 17.8. The summed E-state index contributed by atoms with van der Waals surface area (Å²) in [6.07, 6.45) is 3.64. The van der Waals surface area contributed by atoms with Gasteiger partial charge in [0.1, 0.15) is 11.5 Å². The average molecular weight is 426 g/mol. The minimum Gasteiger partial charge on any atom is -0.616 e. The standard InChI is InChI=1S/C22H20ClN3O2S/c1-3-29(28)13-17-9-18-19(11-24-17)22(14-4-6-16(23)7-5-14)25-10-15-8-21(27)26(2)12-20(15)18/h4-9,11-12H,3,10,13H2,1-2H3. The zero-order chi connectivity index (χ0) is 20.5. The monoisotopic (exact) mass is 425 g/mol. The maximum Gasteiger partial charge on any atom is 0.250 e. The fraction of sp³-hybridized carbons (Fsp3) is 0.227. The van der Waals surface area contributed by atoms with E-state index in [9.17, 15) is 9.35 Å². The van der Waals surface area contributed by atoms with Crippen molar-refractivity contribution in [1.29, 1.82) is 0 Å². The second kappa shape index (κ2) is 8.14. The summed E-state index contributed by atoms with van der Waals surface area (Å²) in [6.45, 7) is 2.30. The molecule has 3 aromatic rings. The molecule has 0 radical (unpaired) electrons. The van der Waals surface area contributed by atoms with Crippen LogP contribution in [0.25, 0.3) is 11.1 Å². The number of aryl methyl sites for hydroxylation is 1. The van der Waals surface area contributed by atoms with Crippen LogP contribution in [0.2, 0.25) is 5.02 Å². The van der Waals surface area contributed by atoms with Gasteiger partial charge >= 0.3 is 0 Å². The Labute approximate surface area is 177 Å². The van der Waals surface area contributed by atoms with Gasteiger partial charge in [-0.25, -0.2) is 0 Å². The Bertz CT molecular complexity index is 1160. The molecule has 0 N–H and O–H groups in total. The first-order valence-corrected chi connectivity index (χ1v) is 11.2. The summed E-state index contributed by atoms with van der Waals surface area (Å²) in [5.41, 5.74) is 6.07. The molecule has 7 heteroatoms.